The molecule has 0 unspecified atom stereocenters. The first kappa shape index (κ1) is 15.7. The highest BCUT2D eigenvalue weighted by Crippen LogP contribution is 2.12. The molecular weight excluding hydrogens is 208 g/mol. The number of unbranched alkanes of at least 4 members (excludes halogenated alkanes) is 8. The van der Waals surface area contributed by atoms with E-state index in [2.05, 4.69) is 6.58 Å². The van der Waals surface area contributed by atoms with Crippen LogP contribution >= 0.6 is 0 Å². The van der Waals surface area contributed by atoms with Crippen LogP contribution in [-0.2, 0) is 0 Å². The first-order valence-corrected chi connectivity index (χ1v) is 6.75. The van der Waals surface area contributed by atoms with Gasteiger partial charge >= 0.3 is 0 Å². The second-order valence-corrected chi connectivity index (χ2v) is 4.51. The van der Waals surface area contributed by atoms with Crippen molar-refractivity contribution < 1.29 is 0 Å². The monoisotopic (exact) mass is 232 g/mol. The van der Waals surface area contributed by atoms with E-state index in [4.69, 9.17) is 10.5 Å². The molecule has 0 rings (SSSR count). The van der Waals surface area contributed by atoms with Crippen molar-refractivity contribution in [3.05, 3.63) is 12.7 Å². The first-order chi connectivity index (χ1) is 8.35. The highest BCUT2D eigenvalue weighted by molar-refractivity contribution is 4.98. The van der Waals surface area contributed by atoms with Crippen LogP contribution in [0.15, 0.2) is 12.7 Å². The molecule has 0 N–H and O–H groups in total. The molecule has 0 atom stereocenters. The molecule has 0 aromatic heterocycles. The average Bonchev–Trinajstić information content (AvgIpc) is 2.36. The fourth-order valence-corrected chi connectivity index (χ4v) is 1.86. The van der Waals surface area contributed by atoms with Crippen LogP contribution in [0.1, 0.15) is 64.2 Å². The predicted molar refractivity (Wildman–Crippen MR) is 71.1 cm³/mol. The average molecular weight is 232 g/mol. The smallest absolute Gasteiger partial charge is 0.133 e. The minimum absolute atomic E-state index is 0.395. The number of allylic oxidation sites excluding steroid dienone is 1. The third-order valence-electron chi connectivity index (χ3n) is 2.96. The largest absolute Gasteiger partial charge is 0.197 e. The molecule has 0 amide bonds. The van der Waals surface area contributed by atoms with Crippen molar-refractivity contribution >= 4 is 0 Å². The third kappa shape index (κ3) is 11.0. The minimum atomic E-state index is -0.395. The number of nitriles is 2. The number of rotatable bonds is 11. The summed E-state index contributed by atoms with van der Waals surface area (Å²) < 4.78 is 0. The van der Waals surface area contributed by atoms with E-state index >= 15 is 0 Å². The van der Waals surface area contributed by atoms with E-state index in [1.54, 1.807) is 0 Å². The van der Waals surface area contributed by atoms with Gasteiger partial charge in [-0.25, -0.2) is 0 Å². The molecule has 2 nitrogen and oxygen atoms in total. The Kier molecular flexibility index (Phi) is 11.8. The van der Waals surface area contributed by atoms with E-state index in [9.17, 15) is 0 Å². The lowest BCUT2D eigenvalue weighted by atomic mass is 10.0. The van der Waals surface area contributed by atoms with Gasteiger partial charge in [-0.1, -0.05) is 51.0 Å². The Hall–Kier alpha value is -1.28. The van der Waals surface area contributed by atoms with Gasteiger partial charge in [0.25, 0.3) is 0 Å². The van der Waals surface area contributed by atoms with E-state index in [0.29, 0.717) is 0 Å². The lowest BCUT2D eigenvalue weighted by Gasteiger charge is -2.02. The van der Waals surface area contributed by atoms with Crippen molar-refractivity contribution in [2.24, 2.45) is 5.92 Å². The molecule has 2 heteroatoms. The van der Waals surface area contributed by atoms with Crippen LogP contribution in [0.5, 0.6) is 0 Å². The van der Waals surface area contributed by atoms with Crippen molar-refractivity contribution in [2.75, 3.05) is 0 Å². The molecule has 0 aliphatic rings. The molecule has 0 heterocycles. The fraction of sp³-hybridized carbons (Fsp3) is 0.733. The molecule has 0 spiro atoms. The van der Waals surface area contributed by atoms with E-state index in [1.165, 1.54) is 38.5 Å². The minimum Gasteiger partial charge on any atom is -0.197 e. The first-order valence-electron chi connectivity index (χ1n) is 6.75. The lowest BCUT2D eigenvalue weighted by Crippen LogP contribution is -1.92. The summed E-state index contributed by atoms with van der Waals surface area (Å²) in [5.41, 5.74) is 0. The van der Waals surface area contributed by atoms with E-state index in [0.717, 1.165) is 25.7 Å². The van der Waals surface area contributed by atoms with Gasteiger partial charge in [0.15, 0.2) is 0 Å². The Morgan fingerprint density at radius 1 is 0.824 bits per heavy atom. The van der Waals surface area contributed by atoms with Crippen molar-refractivity contribution in [3.63, 3.8) is 0 Å². The zero-order chi connectivity index (χ0) is 12.8. The Balaban J connectivity index is 3.12. The summed E-state index contributed by atoms with van der Waals surface area (Å²) in [6.45, 7) is 3.71. The van der Waals surface area contributed by atoms with Gasteiger partial charge in [-0.2, -0.15) is 10.5 Å². The maximum atomic E-state index is 8.59. The topological polar surface area (TPSA) is 47.6 Å². The summed E-state index contributed by atoms with van der Waals surface area (Å²) in [5, 5.41) is 17.2. The predicted octanol–water partition coefficient (Wildman–Crippen LogP) is 4.74. The number of hydrogen-bond acceptors (Lipinski definition) is 2. The van der Waals surface area contributed by atoms with Gasteiger partial charge in [0.2, 0.25) is 0 Å². The quantitative estimate of drug-likeness (QED) is 0.381. The summed E-state index contributed by atoms with van der Waals surface area (Å²) in [7, 11) is 0. The van der Waals surface area contributed by atoms with Gasteiger partial charge in [-0.3, -0.25) is 0 Å². The maximum absolute atomic E-state index is 8.59. The van der Waals surface area contributed by atoms with Gasteiger partial charge in [0.1, 0.15) is 5.92 Å². The van der Waals surface area contributed by atoms with E-state index < -0.39 is 5.92 Å². The van der Waals surface area contributed by atoms with Crippen molar-refractivity contribution in [2.45, 2.75) is 64.2 Å². The zero-order valence-electron chi connectivity index (χ0n) is 10.8. The molecule has 0 aliphatic heterocycles. The highest BCUT2D eigenvalue weighted by atomic mass is 14.3. The van der Waals surface area contributed by atoms with Crippen LogP contribution in [0.2, 0.25) is 0 Å². The summed E-state index contributed by atoms with van der Waals surface area (Å²) in [6, 6.07) is 4.03. The van der Waals surface area contributed by atoms with Crippen LogP contribution in [0.3, 0.4) is 0 Å². The Morgan fingerprint density at radius 3 is 1.76 bits per heavy atom. The second-order valence-electron chi connectivity index (χ2n) is 4.51. The lowest BCUT2D eigenvalue weighted by molar-refractivity contribution is 0.549. The molecule has 0 fully saturated rings. The Bertz CT molecular complexity index is 243. The third-order valence-corrected chi connectivity index (χ3v) is 2.96. The molecule has 0 saturated heterocycles. The van der Waals surface area contributed by atoms with Crippen LogP contribution in [0, 0.1) is 28.6 Å². The van der Waals surface area contributed by atoms with Gasteiger partial charge in [0, 0.05) is 0 Å². The number of hydrogen-bond donors (Lipinski definition) is 0. The molecule has 0 bridgehead atoms. The van der Waals surface area contributed by atoms with Crippen molar-refractivity contribution in [3.8, 4) is 12.1 Å². The molecular formula is C15H24N2. The van der Waals surface area contributed by atoms with Crippen molar-refractivity contribution in [1.29, 1.82) is 10.5 Å². The number of nitrogens with zero attached hydrogens (tertiary/aromatic N) is 2. The SMILES string of the molecule is C=CCCCCCCCCCCC(C#N)C#N. The van der Waals surface area contributed by atoms with Crippen LogP contribution < -0.4 is 0 Å². The molecule has 0 aromatic rings. The van der Waals surface area contributed by atoms with Crippen molar-refractivity contribution in [1.82, 2.24) is 0 Å². The van der Waals surface area contributed by atoms with Crippen LogP contribution in [-0.4, -0.2) is 0 Å². The summed E-state index contributed by atoms with van der Waals surface area (Å²) in [6.07, 6.45) is 13.8. The normalized spacial score (nSPS) is 9.82. The van der Waals surface area contributed by atoms with Gasteiger partial charge in [-0.05, 0) is 19.3 Å². The standard InChI is InChI=1S/C15H24N2/c1-2-3-4-5-6-7-8-9-10-11-12-15(13-16)14-17/h2,15H,1,3-12H2. The van der Waals surface area contributed by atoms with Gasteiger partial charge < -0.3 is 0 Å². The fourth-order valence-electron chi connectivity index (χ4n) is 1.86. The van der Waals surface area contributed by atoms with Crippen LogP contribution in [0.4, 0.5) is 0 Å². The Labute approximate surface area is 106 Å². The molecule has 0 aliphatic carbocycles. The second kappa shape index (κ2) is 12.8. The van der Waals surface area contributed by atoms with Crippen LogP contribution in [0.25, 0.3) is 0 Å². The zero-order valence-corrected chi connectivity index (χ0v) is 10.8. The van der Waals surface area contributed by atoms with Gasteiger partial charge in [-0.15, -0.1) is 6.58 Å². The van der Waals surface area contributed by atoms with E-state index in [1.807, 2.05) is 18.2 Å². The maximum Gasteiger partial charge on any atom is 0.133 e. The summed E-state index contributed by atoms with van der Waals surface area (Å²) >= 11 is 0. The molecule has 94 valence electrons. The summed E-state index contributed by atoms with van der Waals surface area (Å²) in [5.74, 6) is -0.395. The molecule has 17 heavy (non-hydrogen) atoms. The van der Waals surface area contributed by atoms with E-state index in [-0.39, 0.29) is 0 Å². The highest BCUT2D eigenvalue weighted by Gasteiger charge is 2.03. The molecule has 0 radical (unpaired) electrons. The van der Waals surface area contributed by atoms with Gasteiger partial charge in [0.05, 0.1) is 12.1 Å². The molecule has 0 saturated carbocycles. The molecule has 0 aromatic carbocycles. The summed E-state index contributed by atoms with van der Waals surface area (Å²) in [4.78, 5) is 0. The Morgan fingerprint density at radius 2 is 1.29 bits per heavy atom.